The summed E-state index contributed by atoms with van der Waals surface area (Å²) in [6, 6.07) is 30.2. The zero-order valence-corrected chi connectivity index (χ0v) is 11.1. The molecule has 0 saturated carbocycles. The van der Waals surface area contributed by atoms with Crippen molar-refractivity contribution in [1.82, 2.24) is 0 Å². The van der Waals surface area contributed by atoms with Crippen molar-refractivity contribution in [2.75, 3.05) is 0 Å². The Labute approximate surface area is 119 Å². The van der Waals surface area contributed by atoms with Crippen LogP contribution in [0.25, 0.3) is 32.7 Å². The van der Waals surface area contributed by atoms with E-state index in [2.05, 4.69) is 84.9 Å². The van der Waals surface area contributed by atoms with Crippen LogP contribution in [0.1, 0.15) is 1.43 Å². The first-order valence-electron chi connectivity index (χ1n) is 6.89. The molecule has 0 aliphatic rings. The highest BCUT2D eigenvalue weighted by Crippen LogP contribution is 2.31. The lowest BCUT2D eigenvalue weighted by atomic mass is 9.96. The summed E-state index contributed by atoms with van der Waals surface area (Å²) in [4.78, 5) is 0. The van der Waals surface area contributed by atoms with Crippen molar-refractivity contribution < 1.29 is 1.43 Å². The average Bonchev–Trinajstić information content (AvgIpc) is 2.53. The van der Waals surface area contributed by atoms with E-state index in [-0.39, 0.29) is 1.43 Å². The summed E-state index contributed by atoms with van der Waals surface area (Å²) < 4.78 is 0. The molecule has 0 aliphatic heterocycles. The van der Waals surface area contributed by atoms with Gasteiger partial charge in [0, 0.05) is 0 Å². The number of hydrogen-bond acceptors (Lipinski definition) is 0. The average molecular weight is 255 g/mol. The van der Waals surface area contributed by atoms with Gasteiger partial charge in [-0.3, -0.25) is 0 Å². The van der Waals surface area contributed by atoms with Crippen molar-refractivity contribution in [2.24, 2.45) is 0 Å². The van der Waals surface area contributed by atoms with Gasteiger partial charge in [0.05, 0.1) is 0 Å². The van der Waals surface area contributed by atoms with E-state index >= 15 is 0 Å². The Morgan fingerprint density at radius 3 is 1.95 bits per heavy atom. The van der Waals surface area contributed by atoms with Gasteiger partial charge in [0.2, 0.25) is 0 Å². The minimum absolute atomic E-state index is 0. The second-order valence-corrected chi connectivity index (χ2v) is 5.09. The van der Waals surface area contributed by atoms with Crippen LogP contribution in [0.3, 0.4) is 0 Å². The van der Waals surface area contributed by atoms with Crippen molar-refractivity contribution >= 4 is 21.5 Å². The number of hydrogen-bond donors (Lipinski definition) is 0. The van der Waals surface area contributed by atoms with E-state index in [1.165, 1.54) is 32.7 Å². The van der Waals surface area contributed by atoms with Crippen LogP contribution in [0, 0.1) is 0 Å². The minimum atomic E-state index is 0. The Balaban J connectivity index is 0.00000132. The van der Waals surface area contributed by atoms with E-state index in [1.54, 1.807) is 0 Å². The summed E-state index contributed by atoms with van der Waals surface area (Å²) in [7, 11) is 0. The second-order valence-electron chi connectivity index (χ2n) is 5.09. The molecule has 20 heavy (non-hydrogen) atoms. The van der Waals surface area contributed by atoms with Crippen LogP contribution >= 0.6 is 0 Å². The fourth-order valence-electron chi connectivity index (χ4n) is 2.84. The number of fused-ring (bicyclic) bond motifs is 2. The Hall–Kier alpha value is -2.60. The summed E-state index contributed by atoms with van der Waals surface area (Å²) in [5.41, 5.74) is 2.57. The van der Waals surface area contributed by atoms with E-state index in [0.29, 0.717) is 0 Å². The summed E-state index contributed by atoms with van der Waals surface area (Å²) in [6.45, 7) is 0. The fourth-order valence-corrected chi connectivity index (χ4v) is 2.84. The van der Waals surface area contributed by atoms with Gasteiger partial charge >= 0.3 is 1.43 Å². The molecule has 0 spiro atoms. The summed E-state index contributed by atoms with van der Waals surface area (Å²) in [5.74, 6) is 0. The maximum Gasteiger partial charge on any atom is 1.00 e. The van der Waals surface area contributed by atoms with Crippen molar-refractivity contribution in [2.45, 2.75) is 0 Å². The minimum Gasteiger partial charge on any atom is -0.0622 e. The molecule has 4 aromatic carbocycles. The third-order valence-corrected chi connectivity index (χ3v) is 3.83. The predicted octanol–water partition coefficient (Wildman–Crippen LogP) is 5.77. The predicted molar refractivity (Wildman–Crippen MR) is 88.0 cm³/mol. The SMILES string of the molecule is [H+].c1ccc(-c2cccc3cc4ccccc4cc23)cc1. The molecule has 0 heterocycles. The molecule has 0 nitrogen and oxygen atoms in total. The Morgan fingerprint density at radius 1 is 0.500 bits per heavy atom. The molecule has 0 aromatic heterocycles. The zero-order valence-electron chi connectivity index (χ0n) is 12.1. The lowest BCUT2D eigenvalue weighted by molar-refractivity contribution is 1.66. The van der Waals surface area contributed by atoms with Crippen molar-refractivity contribution in [1.29, 1.82) is 0 Å². The zero-order chi connectivity index (χ0) is 13.4. The molecule has 4 rings (SSSR count). The summed E-state index contributed by atoms with van der Waals surface area (Å²) >= 11 is 0. The van der Waals surface area contributed by atoms with Gasteiger partial charge in [0.1, 0.15) is 0 Å². The largest absolute Gasteiger partial charge is 1.00 e. The lowest BCUT2D eigenvalue weighted by Crippen LogP contribution is -1.82. The molecule has 94 valence electrons. The molecule has 0 bridgehead atoms. The van der Waals surface area contributed by atoms with Crippen LogP contribution in [0.15, 0.2) is 84.9 Å². The third kappa shape index (κ3) is 1.78. The fraction of sp³-hybridized carbons (Fsp3) is 0. The van der Waals surface area contributed by atoms with Gasteiger partial charge < -0.3 is 0 Å². The maximum atomic E-state index is 2.30. The van der Waals surface area contributed by atoms with Gasteiger partial charge in [0.25, 0.3) is 0 Å². The van der Waals surface area contributed by atoms with Gasteiger partial charge in [-0.15, -0.1) is 0 Å². The van der Waals surface area contributed by atoms with Crippen LogP contribution < -0.4 is 0 Å². The maximum absolute atomic E-state index is 2.30. The Bertz CT molecular complexity index is 895. The highest BCUT2D eigenvalue weighted by atomic mass is 14.1. The molecule has 0 heteroatoms. The monoisotopic (exact) mass is 255 g/mol. The molecule has 0 N–H and O–H groups in total. The smallest absolute Gasteiger partial charge is 0.0622 e. The van der Waals surface area contributed by atoms with Gasteiger partial charge in [-0.25, -0.2) is 0 Å². The third-order valence-electron chi connectivity index (χ3n) is 3.83. The molecule has 0 radical (unpaired) electrons. The molecule has 0 saturated heterocycles. The summed E-state index contributed by atoms with van der Waals surface area (Å²) in [6.07, 6.45) is 0. The van der Waals surface area contributed by atoms with Gasteiger partial charge in [-0.2, -0.15) is 0 Å². The van der Waals surface area contributed by atoms with Crippen molar-refractivity contribution in [3.63, 3.8) is 0 Å². The van der Waals surface area contributed by atoms with Gasteiger partial charge in [0.15, 0.2) is 0 Å². The first-order valence-corrected chi connectivity index (χ1v) is 6.89. The van der Waals surface area contributed by atoms with Crippen LogP contribution in [-0.2, 0) is 0 Å². The highest BCUT2D eigenvalue weighted by molar-refractivity contribution is 6.04. The standard InChI is InChI=1S/C20H14/c1-2-7-15(8-3-1)19-12-6-11-18-13-16-9-4-5-10-17(16)14-20(18)19/h1-14H/p+1. The Kier molecular flexibility index (Phi) is 2.53. The van der Waals surface area contributed by atoms with Crippen LogP contribution in [0.5, 0.6) is 0 Å². The van der Waals surface area contributed by atoms with Gasteiger partial charge in [-0.05, 0) is 44.8 Å². The summed E-state index contributed by atoms with van der Waals surface area (Å²) in [5, 5.41) is 5.20. The number of benzene rings is 4. The first kappa shape index (κ1) is 11.2. The number of rotatable bonds is 1. The first-order chi connectivity index (χ1) is 9.92. The topological polar surface area (TPSA) is 0 Å². The molecule has 0 fully saturated rings. The van der Waals surface area contributed by atoms with Crippen LogP contribution in [0.4, 0.5) is 0 Å². The van der Waals surface area contributed by atoms with E-state index in [0.717, 1.165) is 0 Å². The van der Waals surface area contributed by atoms with Crippen LogP contribution in [0.2, 0.25) is 0 Å². The van der Waals surface area contributed by atoms with Crippen LogP contribution in [-0.4, -0.2) is 0 Å². The van der Waals surface area contributed by atoms with E-state index in [1.807, 2.05) is 0 Å². The highest BCUT2D eigenvalue weighted by Gasteiger charge is 2.04. The molecule has 0 unspecified atom stereocenters. The van der Waals surface area contributed by atoms with Crippen molar-refractivity contribution in [3.8, 4) is 11.1 Å². The molecule has 0 atom stereocenters. The van der Waals surface area contributed by atoms with Gasteiger partial charge in [-0.1, -0.05) is 72.8 Å². The lowest BCUT2D eigenvalue weighted by Gasteiger charge is -2.08. The molecule has 0 aliphatic carbocycles. The van der Waals surface area contributed by atoms with E-state index in [4.69, 9.17) is 0 Å². The van der Waals surface area contributed by atoms with Crippen molar-refractivity contribution in [3.05, 3.63) is 84.9 Å². The second kappa shape index (κ2) is 4.50. The van der Waals surface area contributed by atoms with E-state index in [9.17, 15) is 0 Å². The molecule has 0 amide bonds. The quantitative estimate of drug-likeness (QED) is 0.379. The van der Waals surface area contributed by atoms with E-state index < -0.39 is 0 Å². The molecule has 4 aromatic rings. The normalized spacial score (nSPS) is 11.0. The molecular formula is C20H15+. The Morgan fingerprint density at radius 2 is 1.15 bits per heavy atom. The molecular weight excluding hydrogens is 240 g/mol.